The Hall–Kier alpha value is -1.16. The van der Waals surface area contributed by atoms with Crippen LogP contribution in [-0.2, 0) is 9.59 Å². The molecular formula is C13H14BrNO2. The zero-order chi connectivity index (χ0) is 12.4. The number of nitrogens with one attached hydrogen (secondary N) is 1. The lowest BCUT2D eigenvalue weighted by Crippen LogP contribution is -2.27. The fourth-order valence-corrected chi connectivity index (χ4v) is 2.72. The molecule has 0 bridgehead atoms. The maximum Gasteiger partial charge on any atom is 0.231 e. The van der Waals surface area contributed by atoms with Crippen molar-refractivity contribution in [1.29, 1.82) is 0 Å². The first kappa shape index (κ1) is 12.3. The number of benzene rings is 1. The Labute approximate surface area is 109 Å². The summed E-state index contributed by atoms with van der Waals surface area (Å²) in [7, 11) is 0. The van der Waals surface area contributed by atoms with Crippen molar-refractivity contribution >= 4 is 27.6 Å². The van der Waals surface area contributed by atoms with E-state index in [1.54, 1.807) is 0 Å². The molecule has 1 aromatic rings. The SMILES string of the molecule is C[C@@H]1C(C(=O)CBr)C(=O)N[C@@H]1c1ccccc1. The van der Waals surface area contributed by atoms with Crippen LogP contribution < -0.4 is 5.32 Å². The highest BCUT2D eigenvalue weighted by atomic mass is 79.9. The molecule has 3 nitrogen and oxygen atoms in total. The Morgan fingerprint density at radius 2 is 2.00 bits per heavy atom. The van der Waals surface area contributed by atoms with Gasteiger partial charge in [-0.1, -0.05) is 53.2 Å². The Balaban J connectivity index is 2.24. The number of rotatable bonds is 3. The molecule has 0 radical (unpaired) electrons. The molecule has 1 aliphatic rings. The topological polar surface area (TPSA) is 46.2 Å². The summed E-state index contributed by atoms with van der Waals surface area (Å²) in [5, 5.41) is 3.14. The molecule has 17 heavy (non-hydrogen) atoms. The smallest absolute Gasteiger partial charge is 0.231 e. The van der Waals surface area contributed by atoms with Gasteiger partial charge in [-0.2, -0.15) is 0 Å². The largest absolute Gasteiger partial charge is 0.348 e. The van der Waals surface area contributed by atoms with Crippen LogP contribution in [0.25, 0.3) is 0 Å². The molecule has 1 fully saturated rings. The summed E-state index contributed by atoms with van der Waals surface area (Å²) >= 11 is 3.13. The minimum absolute atomic E-state index is 0.00468. The van der Waals surface area contributed by atoms with Gasteiger partial charge in [0.2, 0.25) is 5.91 Å². The average molecular weight is 296 g/mol. The summed E-state index contributed by atoms with van der Waals surface area (Å²) in [5.74, 6) is -0.737. The van der Waals surface area contributed by atoms with Crippen LogP contribution in [0.1, 0.15) is 18.5 Å². The quantitative estimate of drug-likeness (QED) is 0.685. The predicted octanol–water partition coefficient (Wildman–Crippen LogP) is 2.07. The van der Waals surface area contributed by atoms with E-state index in [4.69, 9.17) is 0 Å². The number of hydrogen-bond acceptors (Lipinski definition) is 2. The van der Waals surface area contributed by atoms with Crippen molar-refractivity contribution in [1.82, 2.24) is 5.32 Å². The third-order valence-electron chi connectivity index (χ3n) is 3.27. The lowest BCUT2D eigenvalue weighted by atomic mass is 9.86. The molecule has 0 aromatic heterocycles. The normalized spacial score (nSPS) is 27.9. The van der Waals surface area contributed by atoms with Crippen molar-refractivity contribution in [2.24, 2.45) is 11.8 Å². The molecule has 1 amide bonds. The number of alkyl halides is 1. The highest BCUT2D eigenvalue weighted by molar-refractivity contribution is 9.09. The van der Waals surface area contributed by atoms with Crippen LogP contribution in [-0.4, -0.2) is 17.0 Å². The second kappa shape index (κ2) is 5.00. The maximum atomic E-state index is 11.8. The number of ketones is 1. The van der Waals surface area contributed by atoms with E-state index >= 15 is 0 Å². The first-order chi connectivity index (χ1) is 8.15. The standard InChI is InChI=1S/C13H14BrNO2/c1-8-11(10(16)7-14)13(17)15-12(8)9-5-3-2-4-6-9/h2-6,8,11-12H,7H2,1H3,(H,15,17)/t8-,11?,12+/m1/s1. The fourth-order valence-electron chi connectivity index (χ4n) is 2.38. The lowest BCUT2D eigenvalue weighted by molar-refractivity contribution is -0.131. The van der Waals surface area contributed by atoms with Gasteiger partial charge in [-0.3, -0.25) is 9.59 Å². The van der Waals surface area contributed by atoms with Crippen LogP contribution in [0.5, 0.6) is 0 Å². The number of Topliss-reactive ketones (excluding diaryl/α,β-unsaturated/α-hetero) is 1. The van der Waals surface area contributed by atoms with Gasteiger partial charge in [0, 0.05) is 0 Å². The molecule has 2 rings (SSSR count). The van der Waals surface area contributed by atoms with E-state index < -0.39 is 5.92 Å². The van der Waals surface area contributed by atoms with Crippen LogP contribution in [0.3, 0.4) is 0 Å². The number of hydrogen-bond donors (Lipinski definition) is 1. The summed E-state index contributed by atoms with van der Waals surface area (Å²) in [5.41, 5.74) is 1.05. The van der Waals surface area contributed by atoms with Crippen LogP contribution in [0.4, 0.5) is 0 Å². The maximum absolute atomic E-state index is 11.8. The number of carbonyl (C=O) groups excluding carboxylic acids is 2. The van der Waals surface area contributed by atoms with Gasteiger partial charge in [0.05, 0.1) is 11.4 Å². The minimum atomic E-state index is -0.528. The Kier molecular flexibility index (Phi) is 3.62. The zero-order valence-electron chi connectivity index (χ0n) is 9.52. The molecule has 1 N–H and O–H groups in total. The van der Waals surface area contributed by atoms with Crippen LogP contribution in [0, 0.1) is 11.8 Å². The molecule has 1 aliphatic heterocycles. The third kappa shape index (κ3) is 2.27. The molecule has 1 heterocycles. The van der Waals surface area contributed by atoms with E-state index in [0.717, 1.165) is 5.56 Å². The Morgan fingerprint density at radius 3 is 2.59 bits per heavy atom. The first-order valence-electron chi connectivity index (χ1n) is 5.59. The van der Waals surface area contributed by atoms with Gasteiger partial charge in [-0.25, -0.2) is 0 Å². The van der Waals surface area contributed by atoms with Gasteiger partial charge in [0.1, 0.15) is 5.92 Å². The molecule has 1 unspecified atom stereocenters. The number of carbonyl (C=O) groups is 2. The van der Waals surface area contributed by atoms with Crippen LogP contribution >= 0.6 is 15.9 Å². The van der Waals surface area contributed by atoms with E-state index in [9.17, 15) is 9.59 Å². The molecular weight excluding hydrogens is 282 g/mol. The predicted molar refractivity (Wildman–Crippen MR) is 68.8 cm³/mol. The van der Waals surface area contributed by atoms with Crippen molar-refractivity contribution in [3.05, 3.63) is 35.9 Å². The van der Waals surface area contributed by atoms with E-state index in [-0.39, 0.29) is 29.0 Å². The molecule has 4 heteroatoms. The molecule has 0 spiro atoms. The van der Waals surface area contributed by atoms with Crippen molar-refractivity contribution in [3.8, 4) is 0 Å². The summed E-state index contributed by atoms with van der Waals surface area (Å²) in [6.45, 7) is 1.95. The van der Waals surface area contributed by atoms with Gasteiger partial charge in [-0.05, 0) is 11.5 Å². The molecule has 0 aliphatic carbocycles. The van der Waals surface area contributed by atoms with Crippen molar-refractivity contribution < 1.29 is 9.59 Å². The van der Waals surface area contributed by atoms with E-state index in [0.29, 0.717) is 0 Å². The van der Waals surface area contributed by atoms with Crippen LogP contribution in [0.2, 0.25) is 0 Å². The van der Waals surface area contributed by atoms with Crippen molar-refractivity contribution in [2.75, 3.05) is 5.33 Å². The molecule has 90 valence electrons. The van der Waals surface area contributed by atoms with E-state index in [1.807, 2.05) is 37.3 Å². The van der Waals surface area contributed by atoms with Gasteiger partial charge in [-0.15, -0.1) is 0 Å². The second-order valence-electron chi connectivity index (χ2n) is 4.33. The molecule has 3 atom stereocenters. The van der Waals surface area contributed by atoms with Gasteiger partial charge in [0.15, 0.2) is 5.78 Å². The molecule has 1 aromatic carbocycles. The molecule has 0 saturated carbocycles. The summed E-state index contributed by atoms with van der Waals surface area (Å²) in [4.78, 5) is 23.5. The number of halogens is 1. The van der Waals surface area contributed by atoms with Crippen molar-refractivity contribution in [2.45, 2.75) is 13.0 Å². The number of amides is 1. The summed E-state index contributed by atoms with van der Waals surface area (Å²) in [6, 6.07) is 9.70. The zero-order valence-corrected chi connectivity index (χ0v) is 11.1. The average Bonchev–Trinajstić information content (AvgIpc) is 2.65. The van der Waals surface area contributed by atoms with Gasteiger partial charge in [0.25, 0.3) is 0 Å². The fraction of sp³-hybridized carbons (Fsp3) is 0.385. The van der Waals surface area contributed by atoms with Gasteiger partial charge >= 0.3 is 0 Å². The summed E-state index contributed by atoms with van der Waals surface area (Å²) in [6.07, 6.45) is 0. The third-order valence-corrected chi connectivity index (χ3v) is 3.82. The minimum Gasteiger partial charge on any atom is -0.348 e. The van der Waals surface area contributed by atoms with Gasteiger partial charge < -0.3 is 5.32 Å². The second-order valence-corrected chi connectivity index (χ2v) is 4.89. The lowest BCUT2D eigenvalue weighted by Gasteiger charge is -2.17. The first-order valence-corrected chi connectivity index (χ1v) is 6.71. The van der Waals surface area contributed by atoms with Crippen molar-refractivity contribution in [3.63, 3.8) is 0 Å². The van der Waals surface area contributed by atoms with Crippen LogP contribution in [0.15, 0.2) is 30.3 Å². The molecule has 1 saturated heterocycles. The van der Waals surface area contributed by atoms with E-state index in [1.165, 1.54) is 0 Å². The Morgan fingerprint density at radius 1 is 1.35 bits per heavy atom. The highest BCUT2D eigenvalue weighted by Gasteiger charge is 2.43. The summed E-state index contributed by atoms with van der Waals surface area (Å²) < 4.78 is 0. The Bertz CT molecular complexity index is 432. The monoisotopic (exact) mass is 295 g/mol. The van der Waals surface area contributed by atoms with E-state index in [2.05, 4.69) is 21.2 Å². The highest BCUT2D eigenvalue weighted by Crippen LogP contribution is 2.34.